The van der Waals surface area contributed by atoms with Gasteiger partial charge in [0.25, 0.3) is 0 Å². The van der Waals surface area contributed by atoms with Crippen molar-refractivity contribution in [3.63, 3.8) is 0 Å². The highest BCUT2D eigenvalue weighted by Crippen LogP contribution is 2.22. The van der Waals surface area contributed by atoms with E-state index >= 15 is 0 Å². The van der Waals surface area contributed by atoms with Crippen LogP contribution in [0.2, 0.25) is 0 Å². The highest BCUT2D eigenvalue weighted by atomic mass is 32.2. The zero-order valence-corrected chi connectivity index (χ0v) is 12.1. The Hall–Kier alpha value is -1.95. The van der Waals surface area contributed by atoms with Crippen LogP contribution < -0.4 is 10.1 Å². The minimum Gasteiger partial charge on any atom is -0.497 e. The summed E-state index contributed by atoms with van der Waals surface area (Å²) < 4.78 is 6.93. The zero-order chi connectivity index (χ0) is 14.2. The van der Waals surface area contributed by atoms with Crippen LogP contribution in [0.15, 0.2) is 47.6 Å². The molecule has 0 saturated carbocycles. The molecule has 5 nitrogen and oxygen atoms in total. The van der Waals surface area contributed by atoms with Crippen LogP contribution in [0.5, 0.6) is 5.75 Å². The number of benzene rings is 1. The first-order valence-corrected chi connectivity index (χ1v) is 7.27. The molecule has 2 aromatic rings. The molecule has 0 saturated heterocycles. The fourth-order valence-corrected chi connectivity index (χ4v) is 2.41. The van der Waals surface area contributed by atoms with Gasteiger partial charge >= 0.3 is 0 Å². The van der Waals surface area contributed by atoms with Gasteiger partial charge in [0.15, 0.2) is 0 Å². The molecule has 0 radical (unpaired) electrons. The number of thioether (sulfide) groups is 1. The van der Waals surface area contributed by atoms with Crippen LogP contribution in [0, 0.1) is 0 Å². The molecule has 1 aromatic heterocycles. The van der Waals surface area contributed by atoms with E-state index in [1.54, 1.807) is 18.0 Å². The van der Waals surface area contributed by atoms with Gasteiger partial charge in [-0.15, -0.1) is 11.8 Å². The third kappa shape index (κ3) is 4.62. The maximum absolute atomic E-state index is 11.7. The van der Waals surface area contributed by atoms with Crippen LogP contribution in [0.3, 0.4) is 0 Å². The second kappa shape index (κ2) is 7.59. The fourth-order valence-electron chi connectivity index (χ4n) is 1.63. The summed E-state index contributed by atoms with van der Waals surface area (Å²) >= 11 is 1.49. The summed E-state index contributed by atoms with van der Waals surface area (Å²) in [5, 5.41) is 6.94. The molecular formula is C14H17N3O2S. The lowest BCUT2D eigenvalue weighted by Crippen LogP contribution is -2.28. The number of nitrogens with one attached hydrogen (secondary N) is 1. The number of hydrogen-bond donors (Lipinski definition) is 1. The third-order valence-corrected chi connectivity index (χ3v) is 3.63. The number of hydrogen-bond acceptors (Lipinski definition) is 4. The van der Waals surface area contributed by atoms with Gasteiger partial charge in [0.2, 0.25) is 5.91 Å². The Kier molecular flexibility index (Phi) is 5.49. The number of carbonyl (C=O) groups excluding carboxylic acids is 1. The molecule has 0 bridgehead atoms. The van der Waals surface area contributed by atoms with Gasteiger partial charge in [0.05, 0.1) is 19.4 Å². The molecule has 1 heterocycles. The minimum absolute atomic E-state index is 0.0185. The lowest BCUT2D eigenvalue weighted by Gasteiger charge is -2.06. The van der Waals surface area contributed by atoms with Gasteiger partial charge < -0.3 is 10.1 Å². The molecule has 1 N–H and O–H groups in total. The average Bonchev–Trinajstić information content (AvgIpc) is 2.98. The maximum atomic E-state index is 11.7. The molecular weight excluding hydrogens is 274 g/mol. The van der Waals surface area contributed by atoms with E-state index in [2.05, 4.69) is 10.4 Å². The van der Waals surface area contributed by atoms with Crippen molar-refractivity contribution in [2.24, 2.45) is 0 Å². The Morgan fingerprint density at radius 2 is 2.35 bits per heavy atom. The summed E-state index contributed by atoms with van der Waals surface area (Å²) in [6.45, 7) is 1.27. The van der Waals surface area contributed by atoms with Crippen molar-refractivity contribution in [3.05, 3.63) is 42.7 Å². The summed E-state index contributed by atoms with van der Waals surface area (Å²) in [6, 6.07) is 9.54. The molecule has 0 aliphatic heterocycles. The Morgan fingerprint density at radius 3 is 3.10 bits per heavy atom. The van der Waals surface area contributed by atoms with Gasteiger partial charge in [-0.2, -0.15) is 5.10 Å². The zero-order valence-electron chi connectivity index (χ0n) is 11.3. The summed E-state index contributed by atoms with van der Waals surface area (Å²) in [5.41, 5.74) is 0. The van der Waals surface area contributed by atoms with Crippen molar-refractivity contribution in [3.8, 4) is 5.75 Å². The lowest BCUT2D eigenvalue weighted by atomic mass is 10.3. The highest BCUT2D eigenvalue weighted by Gasteiger charge is 2.03. The summed E-state index contributed by atoms with van der Waals surface area (Å²) in [7, 11) is 1.63. The summed E-state index contributed by atoms with van der Waals surface area (Å²) in [6.07, 6.45) is 3.59. The van der Waals surface area contributed by atoms with Crippen molar-refractivity contribution in [1.29, 1.82) is 0 Å². The molecule has 6 heteroatoms. The molecule has 106 valence electrons. The van der Waals surface area contributed by atoms with E-state index in [9.17, 15) is 4.79 Å². The number of ether oxygens (including phenoxy) is 1. The standard InChI is InChI=1S/C14H17N3O2S/c1-19-12-4-2-5-13(10-12)20-11-14(18)15-7-9-17-8-3-6-16-17/h2-6,8,10H,7,9,11H2,1H3,(H,15,18). The molecule has 1 amide bonds. The fraction of sp³-hybridized carbons (Fsp3) is 0.286. The van der Waals surface area contributed by atoms with Gasteiger partial charge in [-0.3, -0.25) is 9.48 Å². The minimum atomic E-state index is 0.0185. The van der Waals surface area contributed by atoms with E-state index in [0.717, 1.165) is 10.6 Å². The molecule has 1 aromatic carbocycles. The molecule has 0 atom stereocenters. The van der Waals surface area contributed by atoms with E-state index < -0.39 is 0 Å². The third-order valence-electron chi connectivity index (χ3n) is 2.63. The second-order valence-corrected chi connectivity index (χ2v) is 5.14. The van der Waals surface area contributed by atoms with Crippen molar-refractivity contribution in [2.45, 2.75) is 11.4 Å². The van der Waals surface area contributed by atoms with Crippen LogP contribution in [0.1, 0.15) is 0 Å². The Balaban J connectivity index is 1.69. The summed E-state index contributed by atoms with van der Waals surface area (Å²) in [5.74, 6) is 1.21. The van der Waals surface area contributed by atoms with Gasteiger partial charge in [0.1, 0.15) is 5.75 Å². The molecule has 0 unspecified atom stereocenters. The van der Waals surface area contributed by atoms with E-state index in [0.29, 0.717) is 18.8 Å². The molecule has 0 spiro atoms. The molecule has 0 aliphatic rings. The van der Waals surface area contributed by atoms with Crippen molar-refractivity contribution >= 4 is 17.7 Å². The predicted octanol–water partition coefficient (Wildman–Crippen LogP) is 1.80. The lowest BCUT2D eigenvalue weighted by molar-refractivity contribution is -0.118. The quantitative estimate of drug-likeness (QED) is 0.790. The van der Waals surface area contributed by atoms with Crippen LogP contribution in [-0.4, -0.2) is 35.1 Å². The number of rotatable bonds is 7. The highest BCUT2D eigenvalue weighted by molar-refractivity contribution is 8.00. The van der Waals surface area contributed by atoms with Gasteiger partial charge in [0, 0.05) is 23.8 Å². The van der Waals surface area contributed by atoms with Crippen LogP contribution in [-0.2, 0) is 11.3 Å². The predicted molar refractivity (Wildman–Crippen MR) is 79.0 cm³/mol. The largest absolute Gasteiger partial charge is 0.497 e. The molecule has 0 fully saturated rings. The first-order valence-electron chi connectivity index (χ1n) is 6.29. The summed E-state index contributed by atoms with van der Waals surface area (Å²) in [4.78, 5) is 12.7. The smallest absolute Gasteiger partial charge is 0.230 e. The van der Waals surface area contributed by atoms with Crippen molar-refractivity contribution < 1.29 is 9.53 Å². The normalized spacial score (nSPS) is 10.2. The van der Waals surface area contributed by atoms with Crippen LogP contribution in [0.4, 0.5) is 0 Å². The first kappa shape index (κ1) is 14.5. The molecule has 20 heavy (non-hydrogen) atoms. The topological polar surface area (TPSA) is 56.1 Å². The number of methoxy groups -OCH3 is 1. The van der Waals surface area contributed by atoms with Crippen LogP contribution >= 0.6 is 11.8 Å². The Bertz CT molecular complexity index is 543. The molecule has 0 aliphatic carbocycles. The Labute approximate surface area is 122 Å². The number of amides is 1. The van der Waals surface area contributed by atoms with Crippen LogP contribution in [0.25, 0.3) is 0 Å². The van der Waals surface area contributed by atoms with Gasteiger partial charge in [-0.05, 0) is 24.3 Å². The monoisotopic (exact) mass is 291 g/mol. The van der Waals surface area contributed by atoms with E-state index in [1.807, 2.05) is 36.5 Å². The van der Waals surface area contributed by atoms with E-state index in [-0.39, 0.29) is 5.91 Å². The Morgan fingerprint density at radius 1 is 1.45 bits per heavy atom. The maximum Gasteiger partial charge on any atom is 0.230 e. The van der Waals surface area contributed by atoms with Crippen molar-refractivity contribution in [2.75, 3.05) is 19.4 Å². The van der Waals surface area contributed by atoms with E-state index in [1.165, 1.54) is 11.8 Å². The van der Waals surface area contributed by atoms with E-state index in [4.69, 9.17) is 4.74 Å². The van der Waals surface area contributed by atoms with Gasteiger partial charge in [-0.1, -0.05) is 6.07 Å². The van der Waals surface area contributed by atoms with Crippen molar-refractivity contribution in [1.82, 2.24) is 15.1 Å². The number of nitrogens with zero attached hydrogens (tertiary/aromatic N) is 2. The SMILES string of the molecule is COc1cccc(SCC(=O)NCCn2cccn2)c1. The number of carbonyl (C=O) groups is 1. The first-order chi connectivity index (χ1) is 9.78. The second-order valence-electron chi connectivity index (χ2n) is 4.09. The number of aromatic nitrogens is 2. The average molecular weight is 291 g/mol. The molecule has 2 rings (SSSR count). The van der Waals surface area contributed by atoms with Gasteiger partial charge in [-0.25, -0.2) is 0 Å².